The maximum Gasteiger partial charge on any atom is 0.343 e. The number of ether oxygens (including phenoxy) is 3. The van der Waals surface area contributed by atoms with Crippen molar-refractivity contribution in [2.45, 2.75) is 19.8 Å². The van der Waals surface area contributed by atoms with E-state index >= 15 is 0 Å². The molecule has 10 nitrogen and oxygen atoms in total. The highest BCUT2D eigenvalue weighted by Gasteiger charge is 2.36. The molecule has 0 unspecified atom stereocenters. The highest BCUT2D eigenvalue weighted by molar-refractivity contribution is 9.10. The number of carbonyl (C=O) groups is 5. The molecule has 13 heteroatoms. The van der Waals surface area contributed by atoms with E-state index < -0.39 is 35.5 Å². The Morgan fingerprint density at radius 3 is 2.64 bits per heavy atom. The molecule has 3 rings (SSSR count). The summed E-state index contributed by atoms with van der Waals surface area (Å²) in [6.07, 6.45) is 3.00. The normalized spacial score (nSPS) is 13.9. The molecule has 2 aromatic carbocycles. The van der Waals surface area contributed by atoms with Crippen molar-refractivity contribution in [1.82, 2.24) is 4.90 Å². The van der Waals surface area contributed by atoms with Crippen molar-refractivity contribution >= 4 is 80.0 Å². The summed E-state index contributed by atoms with van der Waals surface area (Å²) < 4.78 is 15.9. The Kier molecular flexibility index (Phi) is 11.0. The van der Waals surface area contributed by atoms with Crippen LogP contribution in [0.1, 0.15) is 35.7 Å². The third kappa shape index (κ3) is 8.32. The van der Waals surface area contributed by atoms with Gasteiger partial charge in [-0.3, -0.25) is 19.3 Å². The Balaban J connectivity index is 1.70. The first-order valence-corrected chi connectivity index (χ1v) is 13.6. The van der Waals surface area contributed by atoms with Crippen molar-refractivity contribution in [2.24, 2.45) is 0 Å². The Morgan fingerprint density at radius 2 is 1.92 bits per heavy atom. The van der Waals surface area contributed by atoms with Crippen LogP contribution in [-0.2, 0) is 23.9 Å². The van der Waals surface area contributed by atoms with E-state index in [-0.39, 0.29) is 34.4 Å². The minimum absolute atomic E-state index is 0.0671. The summed E-state index contributed by atoms with van der Waals surface area (Å²) in [5.41, 5.74) is 0.762. The minimum Gasteiger partial charge on any atom is -0.481 e. The molecule has 2 aromatic rings. The maximum atomic E-state index is 13.0. The number of thioether (sulfide) groups is 1. The summed E-state index contributed by atoms with van der Waals surface area (Å²) in [6, 6.07) is 9.22. The van der Waals surface area contributed by atoms with Gasteiger partial charge in [-0.05, 0) is 60.7 Å². The predicted molar refractivity (Wildman–Crippen MR) is 150 cm³/mol. The van der Waals surface area contributed by atoms with E-state index in [0.29, 0.717) is 34.0 Å². The number of benzene rings is 2. The van der Waals surface area contributed by atoms with Gasteiger partial charge in [-0.1, -0.05) is 40.9 Å². The molecule has 39 heavy (non-hydrogen) atoms. The van der Waals surface area contributed by atoms with Crippen LogP contribution >= 0.6 is 39.3 Å². The van der Waals surface area contributed by atoms with Crippen molar-refractivity contribution < 1.29 is 38.2 Å². The van der Waals surface area contributed by atoms with Gasteiger partial charge in [0.1, 0.15) is 12.3 Å². The van der Waals surface area contributed by atoms with Gasteiger partial charge in [0.05, 0.1) is 29.2 Å². The number of nitrogens with one attached hydrogen (secondary N) is 1. The van der Waals surface area contributed by atoms with E-state index in [1.807, 2.05) is 6.92 Å². The number of hydrogen-bond acceptors (Lipinski definition) is 9. The lowest BCUT2D eigenvalue weighted by Gasteiger charge is -2.13. The summed E-state index contributed by atoms with van der Waals surface area (Å²) in [6.45, 7) is 1.31. The van der Waals surface area contributed by atoms with Gasteiger partial charge >= 0.3 is 11.9 Å². The fourth-order valence-electron chi connectivity index (χ4n) is 3.23. The number of hydrogen-bond donors (Lipinski definition) is 1. The molecule has 0 aliphatic carbocycles. The zero-order valence-electron chi connectivity index (χ0n) is 21.0. The van der Waals surface area contributed by atoms with Crippen LogP contribution in [0.2, 0.25) is 5.02 Å². The van der Waals surface area contributed by atoms with Crippen LogP contribution in [0.15, 0.2) is 45.8 Å². The van der Waals surface area contributed by atoms with E-state index in [4.69, 9.17) is 21.1 Å². The molecule has 0 bridgehead atoms. The van der Waals surface area contributed by atoms with E-state index in [1.165, 1.54) is 31.4 Å². The molecule has 3 amide bonds. The van der Waals surface area contributed by atoms with Crippen molar-refractivity contribution in [3.05, 3.63) is 61.9 Å². The van der Waals surface area contributed by atoms with Gasteiger partial charge < -0.3 is 19.5 Å². The van der Waals surface area contributed by atoms with Gasteiger partial charge in [0.2, 0.25) is 5.91 Å². The smallest absolute Gasteiger partial charge is 0.343 e. The number of anilines is 1. The van der Waals surface area contributed by atoms with Crippen molar-refractivity contribution in [3.8, 4) is 5.75 Å². The molecule has 1 saturated heterocycles. The van der Waals surface area contributed by atoms with Crippen LogP contribution in [-0.4, -0.2) is 60.8 Å². The zero-order chi connectivity index (χ0) is 28.5. The van der Waals surface area contributed by atoms with Crippen LogP contribution in [0.5, 0.6) is 5.75 Å². The quantitative estimate of drug-likeness (QED) is 0.198. The lowest BCUT2D eigenvalue weighted by Crippen LogP contribution is -2.36. The highest BCUT2D eigenvalue weighted by Crippen LogP contribution is 2.35. The lowest BCUT2D eigenvalue weighted by molar-refractivity contribution is -0.142. The molecule has 1 aliphatic heterocycles. The van der Waals surface area contributed by atoms with Gasteiger partial charge in [-0.2, -0.15) is 0 Å². The average Bonchev–Trinajstić information content (AvgIpc) is 3.16. The first-order valence-electron chi connectivity index (χ1n) is 11.6. The summed E-state index contributed by atoms with van der Waals surface area (Å²) >= 11 is 10.1. The lowest BCUT2D eigenvalue weighted by atomic mass is 10.2. The molecule has 0 atom stereocenters. The van der Waals surface area contributed by atoms with Crippen molar-refractivity contribution in [2.75, 3.05) is 32.2 Å². The molecular weight excluding hydrogens is 616 g/mol. The first kappa shape index (κ1) is 30.2. The van der Waals surface area contributed by atoms with Gasteiger partial charge in [0.25, 0.3) is 11.1 Å². The standard InChI is InChI=1S/C26H24BrClN2O8S/c1-3-4-9-37-25(34)18-12-17(6-7-19(18)28)29-22(31)13-30-24(33)21(39-26(30)35)11-15-10-16(27)5-8-20(15)38-14-23(32)36-2/h5-8,10-12H,3-4,9,13-14H2,1-2H3,(H,29,31)/b21-11+. The second kappa shape index (κ2) is 14.2. The Hall–Kier alpha value is -3.35. The zero-order valence-corrected chi connectivity index (χ0v) is 24.1. The van der Waals surface area contributed by atoms with Crippen LogP contribution < -0.4 is 10.1 Å². The van der Waals surface area contributed by atoms with Gasteiger partial charge in [-0.15, -0.1) is 0 Å². The number of methoxy groups -OCH3 is 1. The Bertz CT molecular complexity index is 1330. The maximum absolute atomic E-state index is 13.0. The molecule has 1 heterocycles. The van der Waals surface area contributed by atoms with Crippen LogP contribution in [0.3, 0.4) is 0 Å². The van der Waals surface area contributed by atoms with E-state index in [2.05, 4.69) is 26.0 Å². The van der Waals surface area contributed by atoms with Crippen molar-refractivity contribution in [1.29, 1.82) is 0 Å². The first-order chi connectivity index (χ1) is 18.6. The molecular formula is C26H24BrClN2O8S. The number of nitrogens with zero attached hydrogens (tertiary/aromatic N) is 1. The Labute approximate surface area is 242 Å². The number of imide groups is 1. The fourth-order valence-corrected chi connectivity index (χ4v) is 4.63. The number of unbranched alkanes of at least 4 members (excludes halogenated alkanes) is 1. The van der Waals surface area contributed by atoms with Crippen LogP contribution in [0.4, 0.5) is 10.5 Å². The molecule has 0 saturated carbocycles. The third-order valence-electron chi connectivity index (χ3n) is 5.21. The van der Waals surface area contributed by atoms with E-state index in [0.717, 1.165) is 11.3 Å². The number of esters is 2. The summed E-state index contributed by atoms with van der Waals surface area (Å²) in [4.78, 5) is 62.8. The summed E-state index contributed by atoms with van der Waals surface area (Å²) in [7, 11) is 1.23. The SMILES string of the molecule is CCCCOC(=O)c1cc(NC(=O)CN2C(=O)S/C(=C/c3cc(Br)ccc3OCC(=O)OC)C2=O)ccc1Cl. The van der Waals surface area contributed by atoms with E-state index in [9.17, 15) is 24.0 Å². The topological polar surface area (TPSA) is 128 Å². The van der Waals surface area contributed by atoms with Crippen LogP contribution in [0, 0.1) is 0 Å². The highest BCUT2D eigenvalue weighted by atomic mass is 79.9. The molecule has 0 aromatic heterocycles. The predicted octanol–water partition coefficient (Wildman–Crippen LogP) is 5.29. The van der Waals surface area contributed by atoms with Gasteiger partial charge in [0.15, 0.2) is 6.61 Å². The monoisotopic (exact) mass is 638 g/mol. The fraction of sp³-hybridized carbons (Fsp3) is 0.269. The van der Waals surface area contributed by atoms with Crippen LogP contribution in [0.25, 0.3) is 6.08 Å². The number of rotatable bonds is 11. The Morgan fingerprint density at radius 1 is 1.15 bits per heavy atom. The molecule has 0 radical (unpaired) electrons. The summed E-state index contributed by atoms with van der Waals surface area (Å²) in [5.74, 6) is -2.24. The molecule has 1 aliphatic rings. The molecule has 1 N–H and O–H groups in total. The average molecular weight is 640 g/mol. The second-order valence-electron chi connectivity index (χ2n) is 8.05. The van der Waals surface area contributed by atoms with Gasteiger partial charge in [0, 0.05) is 15.7 Å². The minimum atomic E-state index is -0.671. The van der Waals surface area contributed by atoms with Crippen molar-refractivity contribution in [3.63, 3.8) is 0 Å². The molecule has 0 spiro atoms. The second-order valence-corrected chi connectivity index (χ2v) is 10.4. The number of carbonyl (C=O) groups excluding carboxylic acids is 5. The van der Waals surface area contributed by atoms with Gasteiger partial charge in [-0.25, -0.2) is 9.59 Å². The van der Waals surface area contributed by atoms with E-state index in [1.54, 1.807) is 18.2 Å². The largest absolute Gasteiger partial charge is 0.481 e. The number of amides is 3. The molecule has 1 fully saturated rings. The third-order valence-corrected chi connectivity index (χ3v) is 6.94. The molecule has 206 valence electrons. The number of halogens is 2. The summed E-state index contributed by atoms with van der Waals surface area (Å²) in [5, 5.41) is 2.09.